The fraction of sp³-hybridized carbons (Fsp3) is 0.692. The molecule has 0 saturated carbocycles. The van der Waals surface area contributed by atoms with Gasteiger partial charge in [0.05, 0.1) is 11.4 Å². The van der Waals surface area contributed by atoms with Crippen LogP contribution >= 0.6 is 0 Å². The van der Waals surface area contributed by atoms with Crippen LogP contribution in [-0.2, 0) is 6.42 Å². The van der Waals surface area contributed by atoms with Crippen LogP contribution in [0.4, 0.5) is 0 Å². The molecule has 2 nitrogen and oxygen atoms in total. The van der Waals surface area contributed by atoms with E-state index in [-0.39, 0.29) is 0 Å². The van der Waals surface area contributed by atoms with E-state index in [1.54, 1.807) is 0 Å². The van der Waals surface area contributed by atoms with Crippen molar-refractivity contribution in [1.29, 1.82) is 0 Å². The fourth-order valence-electron chi connectivity index (χ4n) is 1.37. The highest BCUT2D eigenvalue weighted by atomic mass is 14.8. The Bertz CT molecular complexity index is 299. The Morgan fingerprint density at radius 3 is 2.27 bits per heavy atom. The van der Waals surface area contributed by atoms with Crippen LogP contribution in [0.5, 0.6) is 0 Å². The second kappa shape index (κ2) is 4.73. The third-order valence-corrected chi connectivity index (χ3v) is 2.93. The van der Waals surface area contributed by atoms with Gasteiger partial charge in [0.1, 0.15) is 0 Å². The molecular weight excluding hydrogens is 184 g/mol. The van der Waals surface area contributed by atoms with Crippen LogP contribution < -0.4 is 0 Å². The van der Waals surface area contributed by atoms with Crippen molar-refractivity contribution < 1.29 is 0 Å². The predicted octanol–water partition coefficient (Wildman–Crippen LogP) is 3.58. The number of hydrogen-bond acceptors (Lipinski definition) is 2. The Balaban J connectivity index is 2.73. The van der Waals surface area contributed by atoms with Crippen molar-refractivity contribution in [2.24, 2.45) is 5.41 Å². The Hall–Kier alpha value is -0.920. The lowest BCUT2D eigenvalue weighted by Crippen LogP contribution is -2.14. The Morgan fingerprint density at radius 1 is 1.20 bits per heavy atom. The van der Waals surface area contributed by atoms with Crippen molar-refractivity contribution in [2.45, 2.75) is 53.4 Å². The normalized spacial score (nSPS) is 12.1. The van der Waals surface area contributed by atoms with E-state index < -0.39 is 0 Å². The standard InChI is InChI=1S/C13H22N2/c1-6-13(4,5)7-11-8-15-12(9-14-11)10(2)3/h8-10H,6-7H2,1-5H3. The first-order valence-corrected chi connectivity index (χ1v) is 5.75. The summed E-state index contributed by atoms with van der Waals surface area (Å²) in [5.41, 5.74) is 2.51. The van der Waals surface area contributed by atoms with Crippen LogP contribution in [0.1, 0.15) is 58.3 Å². The quantitative estimate of drug-likeness (QED) is 0.752. The van der Waals surface area contributed by atoms with Gasteiger partial charge in [-0.25, -0.2) is 0 Å². The Labute approximate surface area is 93.2 Å². The van der Waals surface area contributed by atoms with Crippen LogP contribution in [0.2, 0.25) is 0 Å². The SMILES string of the molecule is CCC(C)(C)Cc1cnc(C(C)C)cn1. The lowest BCUT2D eigenvalue weighted by molar-refractivity contribution is 0.345. The van der Waals surface area contributed by atoms with E-state index in [2.05, 4.69) is 44.6 Å². The lowest BCUT2D eigenvalue weighted by Gasteiger charge is -2.21. The molecule has 84 valence electrons. The summed E-state index contributed by atoms with van der Waals surface area (Å²) in [7, 11) is 0. The minimum Gasteiger partial charge on any atom is -0.258 e. The fourth-order valence-corrected chi connectivity index (χ4v) is 1.37. The second-order valence-corrected chi connectivity index (χ2v) is 5.28. The van der Waals surface area contributed by atoms with E-state index in [9.17, 15) is 0 Å². The molecule has 1 heterocycles. The topological polar surface area (TPSA) is 25.8 Å². The first-order chi connectivity index (χ1) is 6.94. The molecule has 0 N–H and O–H groups in total. The summed E-state index contributed by atoms with van der Waals surface area (Å²) >= 11 is 0. The molecule has 0 aromatic carbocycles. The van der Waals surface area contributed by atoms with E-state index in [0.29, 0.717) is 11.3 Å². The van der Waals surface area contributed by atoms with Crippen molar-refractivity contribution in [1.82, 2.24) is 9.97 Å². The van der Waals surface area contributed by atoms with Gasteiger partial charge in [-0.15, -0.1) is 0 Å². The highest BCUT2D eigenvalue weighted by molar-refractivity contribution is 5.07. The largest absolute Gasteiger partial charge is 0.258 e. The first kappa shape index (κ1) is 12.2. The van der Waals surface area contributed by atoms with E-state index in [0.717, 1.165) is 17.8 Å². The van der Waals surface area contributed by atoms with Crippen LogP contribution in [0.15, 0.2) is 12.4 Å². The van der Waals surface area contributed by atoms with Gasteiger partial charge in [-0.1, -0.05) is 41.0 Å². The van der Waals surface area contributed by atoms with Crippen molar-refractivity contribution in [3.63, 3.8) is 0 Å². The predicted molar refractivity (Wildman–Crippen MR) is 63.9 cm³/mol. The minimum absolute atomic E-state index is 0.327. The summed E-state index contributed by atoms with van der Waals surface area (Å²) in [5.74, 6) is 0.464. The lowest BCUT2D eigenvalue weighted by atomic mass is 9.85. The van der Waals surface area contributed by atoms with E-state index in [1.165, 1.54) is 6.42 Å². The van der Waals surface area contributed by atoms with Gasteiger partial charge < -0.3 is 0 Å². The second-order valence-electron chi connectivity index (χ2n) is 5.28. The molecule has 0 aliphatic heterocycles. The van der Waals surface area contributed by atoms with Gasteiger partial charge in [0.15, 0.2) is 0 Å². The van der Waals surface area contributed by atoms with Gasteiger partial charge in [0.25, 0.3) is 0 Å². The maximum Gasteiger partial charge on any atom is 0.0612 e. The molecule has 0 aliphatic carbocycles. The molecule has 0 fully saturated rings. The third kappa shape index (κ3) is 3.61. The summed E-state index contributed by atoms with van der Waals surface area (Å²) in [6.45, 7) is 11.0. The van der Waals surface area contributed by atoms with Gasteiger partial charge in [0.2, 0.25) is 0 Å². The van der Waals surface area contributed by atoms with Gasteiger partial charge in [-0.3, -0.25) is 9.97 Å². The molecular formula is C13H22N2. The molecule has 0 amide bonds. The summed E-state index contributed by atoms with van der Waals surface area (Å²) < 4.78 is 0. The monoisotopic (exact) mass is 206 g/mol. The molecule has 15 heavy (non-hydrogen) atoms. The van der Waals surface area contributed by atoms with Gasteiger partial charge >= 0.3 is 0 Å². The van der Waals surface area contributed by atoms with E-state index in [1.807, 2.05) is 12.4 Å². The van der Waals surface area contributed by atoms with E-state index in [4.69, 9.17) is 0 Å². The minimum atomic E-state index is 0.327. The van der Waals surface area contributed by atoms with Gasteiger partial charge in [-0.2, -0.15) is 0 Å². The first-order valence-electron chi connectivity index (χ1n) is 5.75. The molecule has 1 aromatic rings. The molecule has 0 saturated heterocycles. The molecule has 0 unspecified atom stereocenters. The molecule has 2 heteroatoms. The average Bonchev–Trinajstić information content (AvgIpc) is 2.18. The summed E-state index contributed by atoms with van der Waals surface area (Å²) in [5, 5.41) is 0. The van der Waals surface area contributed by atoms with Crippen LogP contribution in [0, 0.1) is 5.41 Å². The van der Waals surface area contributed by atoms with Crippen LogP contribution in [0.25, 0.3) is 0 Å². The Morgan fingerprint density at radius 2 is 1.87 bits per heavy atom. The number of nitrogens with zero attached hydrogens (tertiary/aromatic N) is 2. The van der Waals surface area contributed by atoms with Crippen LogP contribution in [-0.4, -0.2) is 9.97 Å². The average molecular weight is 206 g/mol. The molecule has 0 aliphatic rings. The number of aromatic nitrogens is 2. The Kier molecular flexibility index (Phi) is 3.83. The van der Waals surface area contributed by atoms with Crippen molar-refractivity contribution in [2.75, 3.05) is 0 Å². The molecule has 0 spiro atoms. The summed E-state index contributed by atoms with van der Waals surface area (Å²) in [6, 6.07) is 0. The summed E-state index contributed by atoms with van der Waals surface area (Å²) in [6.07, 6.45) is 6.01. The van der Waals surface area contributed by atoms with Crippen molar-refractivity contribution in [3.8, 4) is 0 Å². The highest BCUT2D eigenvalue weighted by Gasteiger charge is 2.16. The van der Waals surface area contributed by atoms with Crippen molar-refractivity contribution >= 4 is 0 Å². The van der Waals surface area contributed by atoms with Gasteiger partial charge in [-0.05, 0) is 17.8 Å². The molecule has 0 bridgehead atoms. The number of hydrogen-bond donors (Lipinski definition) is 0. The van der Waals surface area contributed by atoms with Crippen LogP contribution in [0.3, 0.4) is 0 Å². The molecule has 0 radical (unpaired) electrons. The highest BCUT2D eigenvalue weighted by Crippen LogP contribution is 2.24. The molecule has 0 atom stereocenters. The summed E-state index contributed by atoms with van der Waals surface area (Å²) in [4.78, 5) is 8.90. The van der Waals surface area contributed by atoms with E-state index >= 15 is 0 Å². The van der Waals surface area contributed by atoms with Gasteiger partial charge in [0, 0.05) is 12.4 Å². The third-order valence-electron chi connectivity index (χ3n) is 2.93. The zero-order valence-electron chi connectivity index (χ0n) is 10.5. The molecule has 1 aromatic heterocycles. The smallest absolute Gasteiger partial charge is 0.0612 e. The maximum atomic E-state index is 4.47. The zero-order chi connectivity index (χ0) is 11.5. The number of rotatable bonds is 4. The zero-order valence-corrected chi connectivity index (χ0v) is 10.5. The molecule has 1 rings (SSSR count). The maximum absolute atomic E-state index is 4.47. The van der Waals surface area contributed by atoms with Crippen molar-refractivity contribution in [3.05, 3.63) is 23.8 Å².